The molecule has 2 saturated carbocycles. The Hall–Kier alpha value is -0.160. The lowest BCUT2D eigenvalue weighted by Crippen LogP contribution is -2.40. The quantitative estimate of drug-likeness (QED) is 0.638. The molecule has 18 heavy (non-hydrogen) atoms. The molecule has 3 N–H and O–H groups in total. The fraction of sp³-hybridized carbons (Fsp3) is 1.00. The van der Waals surface area contributed by atoms with Gasteiger partial charge < -0.3 is 20.3 Å². The van der Waals surface area contributed by atoms with Crippen molar-refractivity contribution in [2.45, 2.75) is 63.2 Å². The number of rotatable bonds is 7. The van der Waals surface area contributed by atoms with Crippen molar-refractivity contribution in [2.75, 3.05) is 19.8 Å². The van der Waals surface area contributed by atoms with Crippen LogP contribution in [0.5, 0.6) is 0 Å². The standard InChI is InChI=1S/C14H27NO3/c16-9-11-4-3-7-14(11)15-8-12(17)10-18-13-5-1-2-6-13/h11-17H,1-10H2. The van der Waals surface area contributed by atoms with Crippen molar-refractivity contribution >= 4 is 0 Å². The molecule has 0 aromatic rings. The highest BCUT2D eigenvalue weighted by atomic mass is 16.5. The summed E-state index contributed by atoms with van der Waals surface area (Å²) in [6.45, 7) is 1.27. The van der Waals surface area contributed by atoms with Crippen molar-refractivity contribution in [3.63, 3.8) is 0 Å². The van der Waals surface area contributed by atoms with E-state index >= 15 is 0 Å². The van der Waals surface area contributed by atoms with Crippen LogP contribution < -0.4 is 5.32 Å². The van der Waals surface area contributed by atoms with Crippen molar-refractivity contribution < 1.29 is 14.9 Å². The van der Waals surface area contributed by atoms with E-state index in [-0.39, 0.29) is 6.61 Å². The zero-order chi connectivity index (χ0) is 12.8. The molecule has 0 saturated heterocycles. The van der Waals surface area contributed by atoms with Gasteiger partial charge in [-0.15, -0.1) is 0 Å². The van der Waals surface area contributed by atoms with Crippen LogP contribution in [-0.2, 0) is 4.74 Å². The zero-order valence-electron chi connectivity index (χ0n) is 11.2. The molecule has 0 aromatic carbocycles. The molecule has 3 unspecified atom stereocenters. The van der Waals surface area contributed by atoms with Gasteiger partial charge >= 0.3 is 0 Å². The van der Waals surface area contributed by atoms with Crippen LogP contribution in [-0.4, -0.2) is 48.2 Å². The van der Waals surface area contributed by atoms with Gasteiger partial charge in [-0.25, -0.2) is 0 Å². The first-order valence-electron chi connectivity index (χ1n) is 7.43. The minimum Gasteiger partial charge on any atom is -0.396 e. The third-order valence-electron chi connectivity index (χ3n) is 4.34. The Morgan fingerprint density at radius 2 is 1.89 bits per heavy atom. The predicted molar refractivity (Wildman–Crippen MR) is 70.4 cm³/mol. The van der Waals surface area contributed by atoms with E-state index in [1.807, 2.05) is 0 Å². The van der Waals surface area contributed by atoms with Crippen LogP contribution in [0.3, 0.4) is 0 Å². The number of nitrogens with one attached hydrogen (secondary N) is 1. The fourth-order valence-electron chi connectivity index (χ4n) is 3.17. The van der Waals surface area contributed by atoms with Gasteiger partial charge in [-0.1, -0.05) is 19.3 Å². The van der Waals surface area contributed by atoms with E-state index in [4.69, 9.17) is 4.74 Å². The maximum Gasteiger partial charge on any atom is 0.0897 e. The summed E-state index contributed by atoms with van der Waals surface area (Å²) in [7, 11) is 0. The van der Waals surface area contributed by atoms with E-state index in [1.54, 1.807) is 0 Å². The number of aliphatic hydroxyl groups is 2. The normalized spacial score (nSPS) is 31.0. The minimum atomic E-state index is -0.425. The monoisotopic (exact) mass is 257 g/mol. The van der Waals surface area contributed by atoms with Crippen LogP contribution in [0.25, 0.3) is 0 Å². The van der Waals surface area contributed by atoms with E-state index in [9.17, 15) is 10.2 Å². The third kappa shape index (κ3) is 4.19. The number of hydrogen-bond donors (Lipinski definition) is 3. The molecular formula is C14H27NO3. The van der Waals surface area contributed by atoms with E-state index in [0.29, 0.717) is 31.2 Å². The summed E-state index contributed by atoms with van der Waals surface area (Å²) in [6.07, 6.45) is 8.16. The van der Waals surface area contributed by atoms with Crippen molar-refractivity contribution in [1.82, 2.24) is 5.32 Å². The highest BCUT2D eigenvalue weighted by molar-refractivity contribution is 4.83. The number of ether oxygens (including phenoxy) is 1. The van der Waals surface area contributed by atoms with Gasteiger partial charge in [0.05, 0.1) is 18.8 Å². The summed E-state index contributed by atoms with van der Waals surface area (Å²) in [6, 6.07) is 0.371. The Labute approximate surface area is 110 Å². The summed E-state index contributed by atoms with van der Waals surface area (Å²) in [5, 5.41) is 22.5. The van der Waals surface area contributed by atoms with Gasteiger partial charge in [0.1, 0.15) is 0 Å². The molecule has 0 aliphatic heterocycles. The average molecular weight is 257 g/mol. The van der Waals surface area contributed by atoms with Crippen LogP contribution >= 0.6 is 0 Å². The average Bonchev–Trinajstić information content (AvgIpc) is 3.04. The zero-order valence-corrected chi connectivity index (χ0v) is 11.2. The largest absolute Gasteiger partial charge is 0.396 e. The van der Waals surface area contributed by atoms with Gasteiger partial charge in [-0.05, 0) is 31.6 Å². The molecule has 2 fully saturated rings. The highest BCUT2D eigenvalue weighted by Crippen LogP contribution is 2.25. The van der Waals surface area contributed by atoms with Crippen molar-refractivity contribution in [2.24, 2.45) is 5.92 Å². The predicted octanol–water partition coefficient (Wildman–Crippen LogP) is 1.06. The van der Waals surface area contributed by atoms with E-state index < -0.39 is 6.10 Å². The van der Waals surface area contributed by atoms with Crippen molar-refractivity contribution in [3.8, 4) is 0 Å². The molecule has 0 spiro atoms. The summed E-state index contributed by atoms with van der Waals surface area (Å²) in [5.74, 6) is 0.368. The van der Waals surface area contributed by atoms with Crippen molar-refractivity contribution in [3.05, 3.63) is 0 Å². The Morgan fingerprint density at radius 1 is 1.11 bits per heavy atom. The third-order valence-corrected chi connectivity index (χ3v) is 4.34. The second kappa shape index (κ2) is 7.43. The van der Waals surface area contributed by atoms with Gasteiger partial charge in [-0.2, -0.15) is 0 Å². The fourth-order valence-corrected chi connectivity index (χ4v) is 3.17. The van der Waals surface area contributed by atoms with Crippen LogP contribution in [0.4, 0.5) is 0 Å². The lowest BCUT2D eigenvalue weighted by Gasteiger charge is -2.22. The molecule has 4 heteroatoms. The summed E-state index contributed by atoms with van der Waals surface area (Å²) in [4.78, 5) is 0. The Balaban J connectivity index is 1.57. The molecule has 0 heterocycles. The van der Waals surface area contributed by atoms with Gasteiger partial charge in [-0.3, -0.25) is 0 Å². The lowest BCUT2D eigenvalue weighted by atomic mass is 10.1. The molecule has 3 atom stereocenters. The molecular weight excluding hydrogens is 230 g/mol. The lowest BCUT2D eigenvalue weighted by molar-refractivity contribution is -0.00685. The summed E-state index contributed by atoms with van der Waals surface area (Å²) >= 11 is 0. The molecule has 0 amide bonds. The van der Waals surface area contributed by atoms with Gasteiger partial charge in [0, 0.05) is 19.2 Å². The van der Waals surface area contributed by atoms with E-state index in [2.05, 4.69) is 5.32 Å². The number of aliphatic hydroxyl groups excluding tert-OH is 2. The Kier molecular flexibility index (Phi) is 5.89. The maximum absolute atomic E-state index is 9.88. The smallest absolute Gasteiger partial charge is 0.0897 e. The first-order chi connectivity index (χ1) is 8.79. The van der Waals surface area contributed by atoms with Crippen LogP contribution in [0.2, 0.25) is 0 Å². The van der Waals surface area contributed by atoms with Crippen LogP contribution in [0.1, 0.15) is 44.9 Å². The Bertz CT molecular complexity index is 231. The van der Waals surface area contributed by atoms with Crippen LogP contribution in [0, 0.1) is 5.92 Å². The van der Waals surface area contributed by atoms with Crippen molar-refractivity contribution in [1.29, 1.82) is 0 Å². The second-order valence-electron chi connectivity index (χ2n) is 5.78. The maximum atomic E-state index is 9.88. The van der Waals surface area contributed by atoms with Gasteiger partial charge in [0.2, 0.25) is 0 Å². The van der Waals surface area contributed by atoms with E-state index in [0.717, 1.165) is 25.7 Å². The molecule has 4 nitrogen and oxygen atoms in total. The molecule has 2 rings (SSSR count). The van der Waals surface area contributed by atoms with Crippen LogP contribution in [0.15, 0.2) is 0 Å². The molecule has 0 radical (unpaired) electrons. The summed E-state index contributed by atoms with van der Waals surface area (Å²) < 4.78 is 5.69. The molecule has 0 aromatic heterocycles. The highest BCUT2D eigenvalue weighted by Gasteiger charge is 2.26. The van der Waals surface area contributed by atoms with Gasteiger partial charge in [0.25, 0.3) is 0 Å². The molecule has 2 aliphatic carbocycles. The minimum absolute atomic E-state index is 0.256. The Morgan fingerprint density at radius 3 is 2.61 bits per heavy atom. The van der Waals surface area contributed by atoms with E-state index in [1.165, 1.54) is 19.3 Å². The second-order valence-corrected chi connectivity index (χ2v) is 5.78. The number of hydrogen-bond acceptors (Lipinski definition) is 4. The SMILES string of the molecule is OCC1CCCC1NCC(O)COC1CCCC1. The first kappa shape index (κ1) is 14.3. The van der Waals surface area contributed by atoms with Gasteiger partial charge in [0.15, 0.2) is 0 Å². The molecule has 106 valence electrons. The summed E-state index contributed by atoms with van der Waals surface area (Å²) in [5.41, 5.74) is 0. The topological polar surface area (TPSA) is 61.7 Å². The first-order valence-corrected chi connectivity index (χ1v) is 7.43. The molecule has 0 bridgehead atoms. The molecule has 2 aliphatic rings.